The molecule has 1 aromatic carbocycles. The molecule has 114 valence electrons. The van der Waals surface area contributed by atoms with Gasteiger partial charge in [-0.2, -0.15) is 0 Å². The quantitative estimate of drug-likeness (QED) is 0.735. The lowest BCUT2D eigenvalue weighted by atomic mass is 10.2. The molecule has 0 aliphatic carbocycles. The number of aromatic nitrogens is 3. The minimum Gasteiger partial charge on any atom is -0.495 e. The summed E-state index contributed by atoms with van der Waals surface area (Å²) < 4.78 is 33.8. The zero-order valence-corrected chi connectivity index (χ0v) is 12.6. The zero-order chi connectivity index (χ0) is 15.5. The van der Waals surface area contributed by atoms with Gasteiger partial charge in [-0.15, -0.1) is 5.10 Å². The van der Waals surface area contributed by atoms with Crippen molar-refractivity contribution in [1.82, 2.24) is 19.7 Å². The van der Waals surface area contributed by atoms with E-state index >= 15 is 0 Å². The van der Waals surface area contributed by atoms with Crippen molar-refractivity contribution >= 4 is 15.7 Å². The van der Waals surface area contributed by atoms with Crippen molar-refractivity contribution in [2.75, 3.05) is 19.4 Å². The third-order valence-electron chi connectivity index (χ3n) is 2.95. The summed E-state index contributed by atoms with van der Waals surface area (Å²) in [6.07, 6.45) is 3.18. The molecule has 0 aliphatic heterocycles. The number of anilines is 1. The highest BCUT2D eigenvalue weighted by atomic mass is 32.2. The van der Waals surface area contributed by atoms with Crippen LogP contribution < -0.4 is 15.2 Å². The van der Waals surface area contributed by atoms with Gasteiger partial charge in [0.15, 0.2) is 0 Å². The van der Waals surface area contributed by atoms with E-state index in [1.54, 1.807) is 19.2 Å². The first-order chi connectivity index (χ1) is 9.94. The minimum atomic E-state index is -3.71. The normalized spacial score (nSPS) is 11.5. The summed E-state index contributed by atoms with van der Waals surface area (Å²) in [5, 5.41) is 7.40. The van der Waals surface area contributed by atoms with Crippen LogP contribution in [0.3, 0.4) is 0 Å². The molecule has 1 aromatic heterocycles. The fourth-order valence-corrected chi connectivity index (χ4v) is 2.98. The van der Waals surface area contributed by atoms with Crippen LogP contribution in [0, 0.1) is 6.92 Å². The third kappa shape index (κ3) is 3.50. The van der Waals surface area contributed by atoms with Crippen LogP contribution in [0.4, 0.5) is 5.69 Å². The summed E-state index contributed by atoms with van der Waals surface area (Å²) in [7, 11) is -2.30. The Morgan fingerprint density at radius 2 is 2.19 bits per heavy atom. The van der Waals surface area contributed by atoms with Gasteiger partial charge < -0.3 is 10.5 Å². The molecule has 8 nitrogen and oxygen atoms in total. The van der Waals surface area contributed by atoms with E-state index < -0.39 is 10.0 Å². The molecule has 0 saturated carbocycles. The number of nitrogens with zero attached hydrogens (tertiary/aromatic N) is 3. The van der Waals surface area contributed by atoms with Crippen LogP contribution in [0.15, 0.2) is 29.4 Å². The number of nitrogen functional groups attached to an aromatic ring is 1. The summed E-state index contributed by atoms with van der Waals surface area (Å²) >= 11 is 0. The highest BCUT2D eigenvalue weighted by molar-refractivity contribution is 7.89. The van der Waals surface area contributed by atoms with Crippen LogP contribution in [-0.4, -0.2) is 37.1 Å². The summed E-state index contributed by atoms with van der Waals surface area (Å²) in [6.45, 7) is 2.35. The SMILES string of the molecule is COc1cc(C)c(N)cc1S(=O)(=O)NCCn1ccnn1. The number of hydrogen-bond donors (Lipinski definition) is 2. The number of methoxy groups -OCH3 is 1. The smallest absolute Gasteiger partial charge is 0.244 e. The first-order valence-electron chi connectivity index (χ1n) is 6.22. The maximum atomic E-state index is 12.3. The van der Waals surface area contributed by atoms with Gasteiger partial charge >= 0.3 is 0 Å². The molecule has 3 N–H and O–H groups in total. The van der Waals surface area contributed by atoms with Gasteiger partial charge in [0, 0.05) is 18.4 Å². The van der Waals surface area contributed by atoms with Gasteiger partial charge in [0.2, 0.25) is 10.0 Å². The molecular formula is C12H17N5O3S. The van der Waals surface area contributed by atoms with Crippen LogP contribution in [0.25, 0.3) is 0 Å². The average molecular weight is 311 g/mol. The number of aryl methyl sites for hydroxylation is 1. The van der Waals surface area contributed by atoms with Crippen molar-refractivity contribution in [3.05, 3.63) is 30.1 Å². The molecule has 2 aromatic rings. The molecule has 2 rings (SSSR count). The molecule has 0 saturated heterocycles. The Bertz CT molecular complexity index is 713. The molecule has 0 spiro atoms. The molecule has 0 fully saturated rings. The first kappa shape index (κ1) is 15.3. The van der Waals surface area contributed by atoms with Crippen LogP contribution in [0.5, 0.6) is 5.75 Å². The van der Waals surface area contributed by atoms with Crippen LogP contribution >= 0.6 is 0 Å². The molecule has 0 aliphatic rings. The Labute approximate surface area is 123 Å². The van der Waals surface area contributed by atoms with Crippen molar-refractivity contribution in [2.24, 2.45) is 0 Å². The molecular weight excluding hydrogens is 294 g/mol. The van der Waals surface area contributed by atoms with E-state index in [-0.39, 0.29) is 17.2 Å². The number of hydrogen-bond acceptors (Lipinski definition) is 6. The van der Waals surface area contributed by atoms with E-state index in [4.69, 9.17) is 10.5 Å². The highest BCUT2D eigenvalue weighted by Gasteiger charge is 2.20. The Kier molecular flexibility index (Phi) is 4.43. The van der Waals surface area contributed by atoms with E-state index in [1.165, 1.54) is 24.1 Å². The van der Waals surface area contributed by atoms with E-state index in [0.29, 0.717) is 12.2 Å². The average Bonchev–Trinajstić information content (AvgIpc) is 2.94. The topological polar surface area (TPSA) is 112 Å². The van der Waals surface area contributed by atoms with Crippen LogP contribution in [0.2, 0.25) is 0 Å². The van der Waals surface area contributed by atoms with Gasteiger partial charge in [-0.25, -0.2) is 13.1 Å². The second-order valence-electron chi connectivity index (χ2n) is 4.42. The third-order valence-corrected chi connectivity index (χ3v) is 4.43. The van der Waals surface area contributed by atoms with Gasteiger partial charge in [0.1, 0.15) is 10.6 Å². The summed E-state index contributed by atoms with van der Waals surface area (Å²) in [4.78, 5) is 0.0201. The largest absolute Gasteiger partial charge is 0.495 e. The number of rotatable bonds is 6. The summed E-state index contributed by atoms with van der Waals surface area (Å²) in [5.74, 6) is 0.259. The van der Waals surface area contributed by atoms with Crippen molar-refractivity contribution in [3.8, 4) is 5.75 Å². The van der Waals surface area contributed by atoms with Crippen molar-refractivity contribution in [2.45, 2.75) is 18.4 Å². The summed E-state index contributed by atoms with van der Waals surface area (Å²) in [5.41, 5.74) is 6.93. The highest BCUT2D eigenvalue weighted by Crippen LogP contribution is 2.28. The van der Waals surface area contributed by atoms with E-state index in [9.17, 15) is 8.42 Å². The van der Waals surface area contributed by atoms with E-state index in [0.717, 1.165) is 5.56 Å². The molecule has 21 heavy (non-hydrogen) atoms. The molecule has 0 bridgehead atoms. The van der Waals surface area contributed by atoms with Crippen molar-refractivity contribution in [1.29, 1.82) is 0 Å². The first-order valence-corrected chi connectivity index (χ1v) is 7.70. The van der Waals surface area contributed by atoms with Gasteiger partial charge in [-0.05, 0) is 24.6 Å². The molecule has 0 amide bonds. The van der Waals surface area contributed by atoms with Crippen LogP contribution in [-0.2, 0) is 16.6 Å². The van der Waals surface area contributed by atoms with Crippen LogP contribution in [0.1, 0.15) is 5.56 Å². The predicted molar refractivity (Wildman–Crippen MR) is 77.4 cm³/mol. The number of ether oxygens (including phenoxy) is 1. The van der Waals surface area contributed by atoms with Crippen molar-refractivity contribution < 1.29 is 13.2 Å². The lowest BCUT2D eigenvalue weighted by Gasteiger charge is -2.13. The van der Waals surface area contributed by atoms with Gasteiger partial charge in [-0.1, -0.05) is 5.21 Å². The predicted octanol–water partition coefficient (Wildman–Crippen LogP) is 0.156. The number of benzene rings is 1. The lowest BCUT2D eigenvalue weighted by Crippen LogP contribution is -2.28. The van der Waals surface area contributed by atoms with E-state index in [2.05, 4.69) is 15.0 Å². The summed E-state index contributed by atoms with van der Waals surface area (Å²) in [6, 6.07) is 2.99. The number of nitrogens with one attached hydrogen (secondary N) is 1. The molecule has 0 radical (unpaired) electrons. The second-order valence-corrected chi connectivity index (χ2v) is 6.16. The maximum Gasteiger partial charge on any atom is 0.244 e. The Balaban J connectivity index is 2.17. The van der Waals surface area contributed by atoms with Gasteiger partial charge in [-0.3, -0.25) is 4.68 Å². The maximum absolute atomic E-state index is 12.3. The van der Waals surface area contributed by atoms with Gasteiger partial charge in [0.25, 0.3) is 0 Å². The Morgan fingerprint density at radius 1 is 1.43 bits per heavy atom. The number of sulfonamides is 1. The monoisotopic (exact) mass is 311 g/mol. The molecule has 0 unspecified atom stereocenters. The molecule has 1 heterocycles. The molecule has 9 heteroatoms. The standard InChI is InChI=1S/C12H17N5O3S/c1-9-7-11(20-2)12(8-10(9)13)21(18,19)15-4-6-17-5-3-14-16-17/h3,5,7-8,15H,4,6,13H2,1-2H3. The Morgan fingerprint density at radius 3 is 2.81 bits per heavy atom. The second kappa shape index (κ2) is 6.10. The fraction of sp³-hybridized carbons (Fsp3) is 0.333. The number of nitrogens with two attached hydrogens (primary N) is 1. The van der Waals surface area contributed by atoms with Gasteiger partial charge in [0.05, 0.1) is 19.9 Å². The fourth-order valence-electron chi connectivity index (χ4n) is 1.77. The minimum absolute atomic E-state index is 0.0201. The molecule has 0 atom stereocenters. The Hall–Kier alpha value is -2.13. The van der Waals surface area contributed by atoms with Crippen molar-refractivity contribution in [3.63, 3.8) is 0 Å². The van der Waals surface area contributed by atoms with E-state index in [1.807, 2.05) is 0 Å². The zero-order valence-electron chi connectivity index (χ0n) is 11.8. The lowest BCUT2D eigenvalue weighted by molar-refractivity contribution is 0.402.